The van der Waals surface area contributed by atoms with Gasteiger partial charge in [0.2, 0.25) is 5.91 Å². The van der Waals surface area contributed by atoms with Crippen LogP contribution in [0.4, 0.5) is 0 Å². The van der Waals surface area contributed by atoms with E-state index in [0.717, 1.165) is 30.6 Å². The lowest BCUT2D eigenvalue weighted by atomic mass is 9.45. The van der Waals surface area contributed by atoms with Gasteiger partial charge in [0.25, 0.3) is 0 Å². The van der Waals surface area contributed by atoms with Crippen molar-refractivity contribution in [2.45, 2.75) is 91.2 Å². The number of nitrogens with one attached hydrogen (secondary N) is 1. The van der Waals surface area contributed by atoms with E-state index in [1.54, 1.807) is 6.92 Å². The third-order valence-electron chi connectivity index (χ3n) is 9.27. The van der Waals surface area contributed by atoms with Crippen molar-refractivity contribution < 1.29 is 9.90 Å². The average Bonchev–Trinajstić information content (AvgIpc) is 2.84. The summed E-state index contributed by atoms with van der Waals surface area (Å²) in [6.07, 6.45) is 11.7. The monoisotopic (exact) mass is 359 g/mol. The van der Waals surface area contributed by atoms with E-state index in [9.17, 15) is 9.90 Å². The minimum absolute atomic E-state index is 0.125. The van der Waals surface area contributed by atoms with E-state index >= 15 is 0 Å². The van der Waals surface area contributed by atoms with Crippen LogP contribution < -0.4 is 5.32 Å². The molecule has 4 aliphatic rings. The number of carbonyl (C=O) groups is 1. The SMILES string of the molecule is C/C=C1/[C@H](O)CC2C3CCC4C[C@H](NC(C)=O)CC[C@]4(C)C3CC[C@]12C. The minimum atomic E-state index is -0.213. The summed E-state index contributed by atoms with van der Waals surface area (Å²) in [7, 11) is 0. The fourth-order valence-corrected chi connectivity index (χ4v) is 8.06. The van der Waals surface area contributed by atoms with Crippen molar-refractivity contribution >= 4 is 5.91 Å². The molecule has 0 saturated heterocycles. The largest absolute Gasteiger partial charge is 0.389 e. The number of hydrogen-bond donors (Lipinski definition) is 2. The summed E-state index contributed by atoms with van der Waals surface area (Å²) >= 11 is 0. The highest BCUT2D eigenvalue weighted by Crippen LogP contribution is 2.67. The molecule has 0 aliphatic heterocycles. The van der Waals surface area contributed by atoms with Crippen LogP contribution in [0, 0.1) is 34.5 Å². The summed E-state index contributed by atoms with van der Waals surface area (Å²) in [5.41, 5.74) is 1.98. The number of fused-ring (bicyclic) bond motifs is 5. The normalized spacial score (nSPS) is 52.1. The van der Waals surface area contributed by atoms with Crippen LogP contribution in [0.5, 0.6) is 0 Å². The molecule has 4 fully saturated rings. The Morgan fingerprint density at radius 3 is 2.58 bits per heavy atom. The predicted octanol–water partition coefficient (Wildman–Crippen LogP) is 4.45. The van der Waals surface area contributed by atoms with Crippen LogP contribution in [-0.2, 0) is 4.79 Å². The maximum atomic E-state index is 11.5. The van der Waals surface area contributed by atoms with Gasteiger partial charge >= 0.3 is 0 Å². The third kappa shape index (κ3) is 2.60. The first-order chi connectivity index (χ1) is 12.3. The Kier molecular flexibility index (Phi) is 4.53. The topological polar surface area (TPSA) is 49.3 Å². The van der Waals surface area contributed by atoms with Gasteiger partial charge in [-0.25, -0.2) is 0 Å². The number of aliphatic hydroxyl groups excluding tert-OH is 1. The molecule has 26 heavy (non-hydrogen) atoms. The number of amides is 1. The summed E-state index contributed by atoms with van der Waals surface area (Å²) in [6.45, 7) is 8.75. The number of hydrogen-bond acceptors (Lipinski definition) is 2. The van der Waals surface area contributed by atoms with Crippen LogP contribution >= 0.6 is 0 Å². The fraction of sp³-hybridized carbons (Fsp3) is 0.870. The molecule has 0 heterocycles. The van der Waals surface area contributed by atoms with E-state index in [1.165, 1.54) is 44.1 Å². The second-order valence-electron chi connectivity index (χ2n) is 10.3. The van der Waals surface area contributed by atoms with Gasteiger partial charge in [0.15, 0.2) is 0 Å². The lowest BCUT2D eigenvalue weighted by Crippen LogP contribution is -2.54. The Balaban J connectivity index is 1.56. The number of rotatable bonds is 1. The lowest BCUT2D eigenvalue weighted by molar-refractivity contribution is -0.123. The fourth-order valence-electron chi connectivity index (χ4n) is 8.06. The molecule has 8 atom stereocenters. The van der Waals surface area contributed by atoms with E-state index in [4.69, 9.17) is 0 Å². The molecule has 0 bridgehead atoms. The molecule has 3 nitrogen and oxygen atoms in total. The zero-order valence-electron chi connectivity index (χ0n) is 17.1. The predicted molar refractivity (Wildman–Crippen MR) is 104 cm³/mol. The molecule has 2 N–H and O–H groups in total. The number of allylic oxidation sites excluding steroid dienone is 1. The molecule has 0 spiro atoms. The quantitative estimate of drug-likeness (QED) is 0.680. The highest BCUT2D eigenvalue weighted by atomic mass is 16.3. The molecule has 0 aromatic rings. The van der Waals surface area contributed by atoms with Crippen LogP contribution in [0.25, 0.3) is 0 Å². The van der Waals surface area contributed by atoms with Gasteiger partial charge in [0.1, 0.15) is 0 Å². The zero-order valence-corrected chi connectivity index (χ0v) is 17.1. The molecular formula is C23H37NO2. The first-order valence-corrected chi connectivity index (χ1v) is 10.9. The molecule has 4 aliphatic carbocycles. The van der Waals surface area contributed by atoms with Gasteiger partial charge in [-0.05, 0) is 98.4 Å². The summed E-state index contributed by atoms with van der Waals surface area (Å²) in [5.74, 6) is 3.12. The van der Waals surface area contributed by atoms with E-state index in [1.807, 2.05) is 0 Å². The van der Waals surface area contributed by atoms with Crippen LogP contribution in [0.2, 0.25) is 0 Å². The highest BCUT2D eigenvalue weighted by Gasteiger charge is 2.60. The van der Waals surface area contributed by atoms with Crippen molar-refractivity contribution in [1.29, 1.82) is 0 Å². The molecule has 4 saturated carbocycles. The first kappa shape index (κ1) is 18.5. The Bertz CT molecular complexity index is 613. The molecule has 4 unspecified atom stereocenters. The average molecular weight is 360 g/mol. The van der Waals surface area contributed by atoms with Gasteiger partial charge in [-0.15, -0.1) is 0 Å². The molecule has 146 valence electrons. The molecular weight excluding hydrogens is 322 g/mol. The van der Waals surface area contributed by atoms with Crippen molar-refractivity contribution in [3.05, 3.63) is 11.6 Å². The molecule has 3 heteroatoms. The van der Waals surface area contributed by atoms with Gasteiger partial charge in [-0.3, -0.25) is 4.79 Å². The van der Waals surface area contributed by atoms with Crippen LogP contribution in [0.15, 0.2) is 11.6 Å². The second kappa shape index (κ2) is 6.36. The lowest BCUT2D eigenvalue weighted by Gasteiger charge is -2.60. The maximum absolute atomic E-state index is 11.5. The van der Waals surface area contributed by atoms with Crippen molar-refractivity contribution in [1.82, 2.24) is 5.32 Å². The van der Waals surface area contributed by atoms with E-state index in [0.29, 0.717) is 17.4 Å². The Morgan fingerprint density at radius 2 is 1.88 bits per heavy atom. The second-order valence-corrected chi connectivity index (χ2v) is 10.3. The first-order valence-electron chi connectivity index (χ1n) is 10.9. The third-order valence-corrected chi connectivity index (χ3v) is 9.27. The Morgan fingerprint density at radius 1 is 1.12 bits per heavy atom. The van der Waals surface area contributed by atoms with Gasteiger partial charge < -0.3 is 10.4 Å². The van der Waals surface area contributed by atoms with Gasteiger partial charge in [-0.2, -0.15) is 0 Å². The summed E-state index contributed by atoms with van der Waals surface area (Å²) < 4.78 is 0. The highest BCUT2D eigenvalue weighted by molar-refractivity contribution is 5.73. The van der Waals surface area contributed by atoms with Crippen molar-refractivity contribution in [3.8, 4) is 0 Å². The summed E-state index contributed by atoms with van der Waals surface area (Å²) in [6, 6.07) is 0.388. The molecule has 1 amide bonds. The van der Waals surface area contributed by atoms with E-state index < -0.39 is 0 Å². The van der Waals surface area contributed by atoms with Gasteiger partial charge in [-0.1, -0.05) is 19.9 Å². The van der Waals surface area contributed by atoms with Crippen LogP contribution in [0.1, 0.15) is 79.1 Å². The Hall–Kier alpha value is -0.830. The summed E-state index contributed by atoms with van der Waals surface area (Å²) in [5, 5.41) is 13.9. The van der Waals surface area contributed by atoms with Crippen molar-refractivity contribution in [3.63, 3.8) is 0 Å². The molecule has 0 aromatic heterocycles. The molecule has 4 rings (SSSR count). The summed E-state index contributed by atoms with van der Waals surface area (Å²) in [4.78, 5) is 11.5. The number of aliphatic hydroxyl groups is 1. The molecule has 0 radical (unpaired) electrons. The minimum Gasteiger partial charge on any atom is -0.389 e. The maximum Gasteiger partial charge on any atom is 0.217 e. The van der Waals surface area contributed by atoms with Gasteiger partial charge in [0.05, 0.1) is 6.10 Å². The standard InChI is InChI=1S/C23H37NO2/c1-5-18-21(26)13-20-17-7-6-15-12-16(24-14(2)25)8-10-22(15,3)19(17)9-11-23(18,20)4/h5,15-17,19-21,26H,6-13H2,1-4H3,(H,24,25)/b18-5-/t15?,16-,17?,19?,20?,21-,22+,23-/m1/s1. The zero-order chi connectivity index (χ0) is 18.7. The smallest absolute Gasteiger partial charge is 0.217 e. The number of carbonyl (C=O) groups excluding carboxylic acids is 1. The van der Waals surface area contributed by atoms with E-state index in [-0.39, 0.29) is 17.4 Å². The van der Waals surface area contributed by atoms with E-state index in [2.05, 4.69) is 32.2 Å². The van der Waals surface area contributed by atoms with Crippen LogP contribution in [-0.4, -0.2) is 23.2 Å². The van der Waals surface area contributed by atoms with Crippen molar-refractivity contribution in [2.24, 2.45) is 34.5 Å². The molecule has 0 aromatic carbocycles. The van der Waals surface area contributed by atoms with Gasteiger partial charge in [0, 0.05) is 13.0 Å². The van der Waals surface area contributed by atoms with Crippen molar-refractivity contribution in [2.75, 3.05) is 0 Å². The van der Waals surface area contributed by atoms with Crippen LogP contribution in [0.3, 0.4) is 0 Å². The Labute approximate surface area is 159 Å².